The van der Waals surface area contributed by atoms with Crippen LogP contribution >= 0.6 is 23.8 Å². The first kappa shape index (κ1) is 19.9. The average molecular weight is 390 g/mol. The minimum Gasteiger partial charge on any atom is -0.332 e. The molecule has 2 aromatic carbocycles. The summed E-state index contributed by atoms with van der Waals surface area (Å²) < 4.78 is 0. The number of unbranched alkanes of at least 4 members (excludes halogenated alkanes) is 1. The number of carbonyl (C=O) groups excluding carboxylic acids is 2. The number of rotatable bonds is 6. The summed E-state index contributed by atoms with van der Waals surface area (Å²) >= 11 is 11.1. The van der Waals surface area contributed by atoms with Crippen molar-refractivity contribution >= 4 is 52.1 Å². The fourth-order valence-electron chi connectivity index (χ4n) is 2.20. The first-order valence-corrected chi connectivity index (χ1v) is 9.04. The number of thiocarbonyl (C=S) groups is 1. The molecule has 0 heterocycles. The van der Waals surface area contributed by atoms with E-state index in [0.717, 1.165) is 12.8 Å². The molecule has 2 rings (SSSR count). The second kappa shape index (κ2) is 9.89. The van der Waals surface area contributed by atoms with E-state index in [4.69, 9.17) is 23.8 Å². The van der Waals surface area contributed by atoms with Gasteiger partial charge in [-0.1, -0.05) is 37.1 Å². The Morgan fingerprint density at radius 2 is 1.73 bits per heavy atom. The van der Waals surface area contributed by atoms with Crippen molar-refractivity contribution < 1.29 is 9.59 Å². The predicted molar refractivity (Wildman–Crippen MR) is 110 cm³/mol. The van der Waals surface area contributed by atoms with Crippen molar-refractivity contribution in [2.75, 3.05) is 10.6 Å². The summed E-state index contributed by atoms with van der Waals surface area (Å²) in [7, 11) is 0. The van der Waals surface area contributed by atoms with Gasteiger partial charge in [-0.05, 0) is 55.0 Å². The molecule has 0 aliphatic rings. The van der Waals surface area contributed by atoms with Gasteiger partial charge < -0.3 is 10.6 Å². The van der Waals surface area contributed by atoms with Gasteiger partial charge in [-0.25, -0.2) is 0 Å². The summed E-state index contributed by atoms with van der Waals surface area (Å²) in [6.45, 7) is 2.04. The monoisotopic (exact) mass is 389 g/mol. The lowest BCUT2D eigenvalue weighted by molar-refractivity contribution is -0.116. The van der Waals surface area contributed by atoms with Gasteiger partial charge in [-0.2, -0.15) is 0 Å². The molecule has 0 unspecified atom stereocenters. The molecule has 2 aromatic rings. The predicted octanol–water partition coefficient (Wildman–Crippen LogP) is 4.60. The Kier molecular flexibility index (Phi) is 7.56. The molecule has 5 nitrogen and oxygen atoms in total. The molecular formula is C19H20ClN3O2S. The molecule has 0 aromatic heterocycles. The Labute approximate surface area is 163 Å². The number of hydrogen-bond donors (Lipinski definition) is 3. The van der Waals surface area contributed by atoms with Crippen molar-refractivity contribution in [2.45, 2.75) is 26.2 Å². The van der Waals surface area contributed by atoms with Gasteiger partial charge in [-0.3, -0.25) is 14.9 Å². The molecule has 0 bridgehead atoms. The Bertz CT molecular complexity index is 811. The maximum absolute atomic E-state index is 12.2. The number of benzene rings is 2. The first-order chi connectivity index (χ1) is 12.5. The van der Waals surface area contributed by atoms with E-state index in [2.05, 4.69) is 16.0 Å². The van der Waals surface area contributed by atoms with Crippen LogP contribution in [0, 0.1) is 0 Å². The van der Waals surface area contributed by atoms with Crippen LogP contribution in [-0.2, 0) is 4.79 Å². The SMILES string of the molecule is CCCCC(=O)Nc1cccc(NC(=S)NC(=O)c2cccc(Cl)c2)c1. The van der Waals surface area contributed by atoms with Crippen molar-refractivity contribution in [3.8, 4) is 0 Å². The smallest absolute Gasteiger partial charge is 0.257 e. The molecule has 2 amide bonds. The van der Waals surface area contributed by atoms with Crippen molar-refractivity contribution in [2.24, 2.45) is 0 Å². The molecule has 0 aliphatic heterocycles. The Morgan fingerprint density at radius 1 is 1.04 bits per heavy atom. The first-order valence-electron chi connectivity index (χ1n) is 8.25. The zero-order valence-electron chi connectivity index (χ0n) is 14.3. The summed E-state index contributed by atoms with van der Waals surface area (Å²) in [4.78, 5) is 24.0. The van der Waals surface area contributed by atoms with Gasteiger partial charge >= 0.3 is 0 Å². The Balaban J connectivity index is 1.93. The quantitative estimate of drug-likeness (QED) is 0.631. The van der Waals surface area contributed by atoms with Crippen LogP contribution in [0.15, 0.2) is 48.5 Å². The normalized spacial score (nSPS) is 10.1. The van der Waals surface area contributed by atoms with E-state index in [0.29, 0.717) is 28.4 Å². The summed E-state index contributed by atoms with van der Waals surface area (Å²) in [6, 6.07) is 13.7. The molecule has 0 atom stereocenters. The van der Waals surface area contributed by atoms with Crippen LogP contribution in [0.4, 0.5) is 11.4 Å². The van der Waals surface area contributed by atoms with E-state index in [-0.39, 0.29) is 16.9 Å². The molecule has 0 radical (unpaired) electrons. The molecule has 0 saturated carbocycles. The summed E-state index contributed by atoms with van der Waals surface area (Å²) in [5.41, 5.74) is 1.74. The van der Waals surface area contributed by atoms with Gasteiger partial charge in [0, 0.05) is 28.4 Å². The van der Waals surface area contributed by atoms with Crippen LogP contribution in [0.3, 0.4) is 0 Å². The zero-order chi connectivity index (χ0) is 18.9. The zero-order valence-corrected chi connectivity index (χ0v) is 15.9. The number of amides is 2. The number of nitrogens with one attached hydrogen (secondary N) is 3. The second-order valence-electron chi connectivity index (χ2n) is 5.65. The van der Waals surface area contributed by atoms with E-state index in [1.165, 1.54) is 0 Å². The van der Waals surface area contributed by atoms with Crippen molar-refractivity contribution in [3.05, 3.63) is 59.1 Å². The number of carbonyl (C=O) groups is 2. The highest BCUT2D eigenvalue weighted by Gasteiger charge is 2.09. The molecule has 0 saturated heterocycles. The molecule has 0 fully saturated rings. The van der Waals surface area contributed by atoms with Gasteiger partial charge in [-0.15, -0.1) is 0 Å². The molecular weight excluding hydrogens is 370 g/mol. The summed E-state index contributed by atoms with van der Waals surface area (Å²) in [6.07, 6.45) is 2.31. The van der Waals surface area contributed by atoms with E-state index in [1.807, 2.05) is 6.92 Å². The maximum Gasteiger partial charge on any atom is 0.257 e. The maximum atomic E-state index is 12.2. The number of halogens is 1. The highest BCUT2D eigenvalue weighted by molar-refractivity contribution is 7.80. The Hall–Kier alpha value is -2.44. The third-order valence-electron chi connectivity index (χ3n) is 3.48. The minimum absolute atomic E-state index is 0.0270. The fraction of sp³-hybridized carbons (Fsp3) is 0.211. The second-order valence-corrected chi connectivity index (χ2v) is 6.50. The van der Waals surface area contributed by atoms with Crippen molar-refractivity contribution in [3.63, 3.8) is 0 Å². The van der Waals surface area contributed by atoms with Crippen molar-refractivity contribution in [1.82, 2.24) is 5.32 Å². The fourth-order valence-corrected chi connectivity index (χ4v) is 2.60. The van der Waals surface area contributed by atoms with Crippen LogP contribution in [0.25, 0.3) is 0 Å². The minimum atomic E-state index is -0.353. The number of anilines is 2. The molecule has 0 aliphatic carbocycles. The summed E-state index contributed by atoms with van der Waals surface area (Å²) in [5.74, 6) is -0.380. The van der Waals surface area contributed by atoms with Crippen LogP contribution in [0.5, 0.6) is 0 Å². The Morgan fingerprint density at radius 3 is 2.42 bits per heavy atom. The van der Waals surface area contributed by atoms with Crippen molar-refractivity contribution in [1.29, 1.82) is 0 Å². The van der Waals surface area contributed by atoms with Crippen LogP contribution in [0.2, 0.25) is 5.02 Å². The largest absolute Gasteiger partial charge is 0.332 e. The van der Waals surface area contributed by atoms with Gasteiger partial charge in [0.15, 0.2) is 5.11 Å². The third-order valence-corrected chi connectivity index (χ3v) is 3.91. The highest BCUT2D eigenvalue weighted by atomic mass is 35.5. The lowest BCUT2D eigenvalue weighted by Crippen LogP contribution is -2.34. The van der Waals surface area contributed by atoms with Gasteiger partial charge in [0.2, 0.25) is 5.91 Å². The highest BCUT2D eigenvalue weighted by Crippen LogP contribution is 2.16. The van der Waals surface area contributed by atoms with E-state index < -0.39 is 0 Å². The number of hydrogen-bond acceptors (Lipinski definition) is 3. The standard InChI is InChI=1S/C19H20ClN3O2S/c1-2-3-10-17(24)21-15-8-5-9-16(12-15)22-19(26)23-18(25)13-6-4-7-14(20)11-13/h4-9,11-12H,2-3,10H2,1H3,(H,21,24)(H2,22,23,25,26). The third kappa shape index (κ3) is 6.46. The van der Waals surface area contributed by atoms with Crippen LogP contribution < -0.4 is 16.0 Å². The lowest BCUT2D eigenvalue weighted by atomic mass is 10.2. The van der Waals surface area contributed by atoms with E-state index in [1.54, 1.807) is 48.5 Å². The molecule has 136 valence electrons. The van der Waals surface area contributed by atoms with Crippen LogP contribution in [0.1, 0.15) is 36.5 Å². The topological polar surface area (TPSA) is 70.2 Å². The van der Waals surface area contributed by atoms with Gasteiger partial charge in [0.05, 0.1) is 0 Å². The molecule has 7 heteroatoms. The van der Waals surface area contributed by atoms with Gasteiger partial charge in [0.25, 0.3) is 5.91 Å². The average Bonchev–Trinajstić information content (AvgIpc) is 2.60. The van der Waals surface area contributed by atoms with E-state index >= 15 is 0 Å². The lowest BCUT2D eigenvalue weighted by Gasteiger charge is -2.11. The van der Waals surface area contributed by atoms with Gasteiger partial charge in [0.1, 0.15) is 0 Å². The molecule has 26 heavy (non-hydrogen) atoms. The summed E-state index contributed by atoms with van der Waals surface area (Å²) in [5, 5.41) is 9.00. The molecule has 3 N–H and O–H groups in total. The van der Waals surface area contributed by atoms with Crippen LogP contribution in [-0.4, -0.2) is 16.9 Å². The molecule has 0 spiro atoms. The van der Waals surface area contributed by atoms with E-state index in [9.17, 15) is 9.59 Å².